The standard InChI is InChI=1S/C11H12FNO3/c1-2-3-6-16-8-5-4-7(12)10(13)9(8)11(14)15/h2-5H,6,13H2,1H3,(H,14,15)/b3-2+. The molecule has 86 valence electrons. The molecule has 5 heteroatoms. The van der Waals surface area contributed by atoms with E-state index >= 15 is 0 Å². The number of benzene rings is 1. The Kier molecular flexibility index (Phi) is 3.88. The Morgan fingerprint density at radius 3 is 2.88 bits per heavy atom. The molecule has 1 aromatic rings. The van der Waals surface area contributed by atoms with Crippen molar-refractivity contribution in [3.63, 3.8) is 0 Å². The van der Waals surface area contributed by atoms with Crippen molar-refractivity contribution in [2.24, 2.45) is 0 Å². The molecule has 0 aromatic heterocycles. The van der Waals surface area contributed by atoms with Gasteiger partial charge in [0.15, 0.2) is 0 Å². The lowest BCUT2D eigenvalue weighted by Crippen LogP contribution is -2.08. The summed E-state index contributed by atoms with van der Waals surface area (Å²) in [5, 5.41) is 8.88. The topological polar surface area (TPSA) is 72.5 Å². The summed E-state index contributed by atoms with van der Waals surface area (Å²) in [7, 11) is 0. The number of hydrogen-bond acceptors (Lipinski definition) is 3. The fourth-order valence-electron chi connectivity index (χ4n) is 1.15. The van der Waals surface area contributed by atoms with Gasteiger partial charge in [-0.2, -0.15) is 0 Å². The first-order valence-corrected chi connectivity index (χ1v) is 4.63. The van der Waals surface area contributed by atoms with E-state index in [9.17, 15) is 9.18 Å². The lowest BCUT2D eigenvalue weighted by molar-refractivity contribution is 0.0693. The molecule has 1 aromatic carbocycles. The van der Waals surface area contributed by atoms with Crippen molar-refractivity contribution in [1.82, 2.24) is 0 Å². The summed E-state index contributed by atoms with van der Waals surface area (Å²) < 4.78 is 18.2. The van der Waals surface area contributed by atoms with E-state index in [0.717, 1.165) is 6.07 Å². The molecule has 0 aliphatic rings. The molecule has 0 saturated heterocycles. The molecule has 0 spiro atoms. The SMILES string of the molecule is C/C=C/COc1ccc(F)c(N)c1C(=O)O. The number of carboxylic acids is 1. The van der Waals surface area contributed by atoms with Gasteiger partial charge in [-0.3, -0.25) is 0 Å². The number of hydrogen-bond donors (Lipinski definition) is 2. The van der Waals surface area contributed by atoms with Crippen molar-refractivity contribution in [2.75, 3.05) is 12.3 Å². The maximum atomic E-state index is 13.1. The Morgan fingerprint density at radius 1 is 1.62 bits per heavy atom. The number of allylic oxidation sites excluding steroid dienone is 1. The number of nitrogen functional groups attached to an aromatic ring is 1. The Bertz CT molecular complexity index is 429. The van der Waals surface area contributed by atoms with E-state index in [1.54, 1.807) is 19.1 Å². The molecule has 0 aliphatic carbocycles. The second kappa shape index (κ2) is 5.16. The van der Waals surface area contributed by atoms with Crippen LogP contribution in [0, 0.1) is 5.82 Å². The van der Waals surface area contributed by atoms with Gasteiger partial charge >= 0.3 is 5.97 Å². The van der Waals surface area contributed by atoms with Crippen LogP contribution in [0.5, 0.6) is 5.75 Å². The lowest BCUT2D eigenvalue weighted by Gasteiger charge is -2.09. The number of carbonyl (C=O) groups is 1. The Labute approximate surface area is 92.1 Å². The van der Waals surface area contributed by atoms with Crippen molar-refractivity contribution in [1.29, 1.82) is 0 Å². The van der Waals surface area contributed by atoms with Gasteiger partial charge in [-0.15, -0.1) is 0 Å². The molecule has 0 amide bonds. The highest BCUT2D eigenvalue weighted by Crippen LogP contribution is 2.27. The minimum Gasteiger partial charge on any atom is -0.489 e. The molecule has 0 saturated carbocycles. The number of nitrogens with two attached hydrogens (primary N) is 1. The molecule has 0 fully saturated rings. The van der Waals surface area contributed by atoms with Crippen molar-refractivity contribution >= 4 is 11.7 Å². The largest absolute Gasteiger partial charge is 0.489 e. The van der Waals surface area contributed by atoms with Crippen LogP contribution >= 0.6 is 0 Å². The maximum absolute atomic E-state index is 13.1. The van der Waals surface area contributed by atoms with Crippen LogP contribution in [0.15, 0.2) is 24.3 Å². The zero-order valence-electron chi connectivity index (χ0n) is 8.74. The quantitative estimate of drug-likeness (QED) is 0.607. The molecule has 0 aliphatic heterocycles. The van der Waals surface area contributed by atoms with E-state index in [-0.39, 0.29) is 17.9 Å². The van der Waals surface area contributed by atoms with Gasteiger partial charge in [0.1, 0.15) is 23.7 Å². The minimum absolute atomic E-state index is 0.0597. The monoisotopic (exact) mass is 225 g/mol. The van der Waals surface area contributed by atoms with Crippen molar-refractivity contribution < 1.29 is 19.0 Å². The fraction of sp³-hybridized carbons (Fsp3) is 0.182. The zero-order chi connectivity index (χ0) is 12.1. The zero-order valence-corrected chi connectivity index (χ0v) is 8.74. The highest BCUT2D eigenvalue weighted by Gasteiger charge is 2.18. The average molecular weight is 225 g/mol. The van der Waals surface area contributed by atoms with E-state index in [1.165, 1.54) is 6.07 Å². The van der Waals surface area contributed by atoms with Crippen LogP contribution < -0.4 is 10.5 Å². The van der Waals surface area contributed by atoms with Crippen molar-refractivity contribution in [3.8, 4) is 5.75 Å². The van der Waals surface area contributed by atoms with E-state index in [0.29, 0.717) is 0 Å². The van der Waals surface area contributed by atoms with Gasteiger partial charge < -0.3 is 15.6 Å². The summed E-state index contributed by atoms with van der Waals surface area (Å²) in [4.78, 5) is 10.9. The van der Waals surface area contributed by atoms with E-state index in [2.05, 4.69) is 0 Å². The molecule has 1 rings (SSSR count). The number of ether oxygens (including phenoxy) is 1. The van der Waals surface area contributed by atoms with Gasteiger partial charge in [0.25, 0.3) is 0 Å². The van der Waals surface area contributed by atoms with Crippen LogP contribution in [0.25, 0.3) is 0 Å². The van der Waals surface area contributed by atoms with Crippen LogP contribution in [-0.4, -0.2) is 17.7 Å². The van der Waals surface area contributed by atoms with Gasteiger partial charge in [0.05, 0.1) is 5.69 Å². The number of carboxylic acid groups (broad SMARTS) is 1. The summed E-state index contributed by atoms with van der Waals surface area (Å²) in [6.45, 7) is 2.02. The molecular formula is C11H12FNO3. The van der Waals surface area contributed by atoms with Gasteiger partial charge in [-0.1, -0.05) is 12.2 Å². The van der Waals surface area contributed by atoms with Crippen LogP contribution in [0.3, 0.4) is 0 Å². The maximum Gasteiger partial charge on any atom is 0.341 e. The van der Waals surface area contributed by atoms with E-state index in [4.69, 9.17) is 15.6 Å². The highest BCUT2D eigenvalue weighted by molar-refractivity contribution is 5.96. The second-order valence-corrected chi connectivity index (χ2v) is 3.02. The first-order chi connectivity index (χ1) is 7.57. The molecular weight excluding hydrogens is 213 g/mol. The second-order valence-electron chi connectivity index (χ2n) is 3.02. The molecule has 0 bridgehead atoms. The summed E-state index contributed by atoms with van der Waals surface area (Å²) in [6.07, 6.45) is 3.46. The minimum atomic E-state index is -1.31. The van der Waals surface area contributed by atoms with E-state index < -0.39 is 17.5 Å². The van der Waals surface area contributed by atoms with Crippen molar-refractivity contribution in [3.05, 3.63) is 35.7 Å². The summed E-state index contributed by atoms with van der Waals surface area (Å²) >= 11 is 0. The van der Waals surface area contributed by atoms with Crippen LogP contribution in [0.4, 0.5) is 10.1 Å². The summed E-state index contributed by atoms with van der Waals surface area (Å²) in [6, 6.07) is 2.32. The molecule has 4 nitrogen and oxygen atoms in total. The number of anilines is 1. The number of halogens is 1. The predicted octanol–water partition coefficient (Wildman–Crippen LogP) is 2.06. The lowest BCUT2D eigenvalue weighted by atomic mass is 10.1. The molecule has 0 heterocycles. The fourth-order valence-corrected chi connectivity index (χ4v) is 1.15. The smallest absolute Gasteiger partial charge is 0.341 e. The average Bonchev–Trinajstić information content (AvgIpc) is 2.23. The molecule has 0 unspecified atom stereocenters. The van der Waals surface area contributed by atoms with Crippen LogP contribution in [-0.2, 0) is 0 Å². The van der Waals surface area contributed by atoms with E-state index in [1.807, 2.05) is 0 Å². The first-order valence-electron chi connectivity index (χ1n) is 4.63. The molecule has 16 heavy (non-hydrogen) atoms. The third-order valence-corrected chi connectivity index (χ3v) is 1.94. The number of aromatic carboxylic acids is 1. The predicted molar refractivity (Wildman–Crippen MR) is 58.1 cm³/mol. The van der Waals surface area contributed by atoms with Gasteiger partial charge in [0.2, 0.25) is 0 Å². The van der Waals surface area contributed by atoms with Gasteiger partial charge in [0, 0.05) is 0 Å². The van der Waals surface area contributed by atoms with Gasteiger partial charge in [-0.05, 0) is 19.1 Å². The van der Waals surface area contributed by atoms with Crippen LogP contribution in [0.1, 0.15) is 17.3 Å². The highest BCUT2D eigenvalue weighted by atomic mass is 19.1. The van der Waals surface area contributed by atoms with Crippen molar-refractivity contribution in [2.45, 2.75) is 6.92 Å². The molecule has 0 radical (unpaired) electrons. The van der Waals surface area contributed by atoms with Crippen LogP contribution in [0.2, 0.25) is 0 Å². The third kappa shape index (κ3) is 2.50. The molecule has 0 atom stereocenters. The van der Waals surface area contributed by atoms with Gasteiger partial charge in [-0.25, -0.2) is 9.18 Å². The Balaban J connectivity index is 3.08. The summed E-state index contributed by atoms with van der Waals surface area (Å²) in [5.74, 6) is -2.02. The first kappa shape index (κ1) is 12.0. The third-order valence-electron chi connectivity index (χ3n) is 1.94. The Morgan fingerprint density at radius 2 is 2.31 bits per heavy atom. The Hall–Kier alpha value is -2.04. The molecule has 3 N–H and O–H groups in total. The summed E-state index contributed by atoms with van der Waals surface area (Å²) in [5.41, 5.74) is 4.58. The normalized spacial score (nSPS) is 10.6. The number of rotatable bonds is 4.